The van der Waals surface area contributed by atoms with E-state index in [0.717, 1.165) is 7.11 Å². The molecule has 0 aliphatic carbocycles. The smallest absolute Gasteiger partial charge is 0.412 e. The zero-order valence-electron chi connectivity index (χ0n) is 4.20. The van der Waals surface area contributed by atoms with Crippen LogP contribution in [0.25, 0.3) is 0 Å². The standard InChI is InChI=1S/C4H5F3O/c1-8-3-2-4(5,6)7/h2-3H,1H3. The molecule has 48 valence electrons. The third-order valence-electron chi connectivity index (χ3n) is 0.393. The van der Waals surface area contributed by atoms with Gasteiger partial charge < -0.3 is 4.74 Å². The summed E-state index contributed by atoms with van der Waals surface area (Å²) in [4.78, 5) is 0. The van der Waals surface area contributed by atoms with Crippen LogP contribution in [-0.4, -0.2) is 13.3 Å². The van der Waals surface area contributed by atoms with Gasteiger partial charge in [0.1, 0.15) is 0 Å². The minimum atomic E-state index is -4.25. The topological polar surface area (TPSA) is 9.23 Å². The molecule has 0 aromatic rings. The molecule has 0 aliphatic heterocycles. The van der Waals surface area contributed by atoms with Crippen LogP contribution in [0, 0.1) is 0 Å². The van der Waals surface area contributed by atoms with Crippen LogP contribution in [-0.2, 0) is 4.74 Å². The van der Waals surface area contributed by atoms with E-state index in [1.54, 1.807) is 0 Å². The minimum Gasteiger partial charge on any atom is -0.504 e. The molecule has 0 aliphatic rings. The highest BCUT2D eigenvalue weighted by molar-refractivity contribution is 4.81. The van der Waals surface area contributed by atoms with Gasteiger partial charge in [-0.2, -0.15) is 13.2 Å². The Morgan fingerprint density at radius 3 is 2.00 bits per heavy atom. The summed E-state index contributed by atoms with van der Waals surface area (Å²) in [6.45, 7) is 0. The molecule has 0 N–H and O–H groups in total. The van der Waals surface area contributed by atoms with Gasteiger partial charge in [0.05, 0.1) is 19.4 Å². The Morgan fingerprint density at radius 2 is 1.88 bits per heavy atom. The van der Waals surface area contributed by atoms with Crippen LogP contribution in [0.2, 0.25) is 0 Å². The van der Waals surface area contributed by atoms with E-state index in [2.05, 4.69) is 4.74 Å². The predicted octanol–water partition coefficient (Wildman–Crippen LogP) is 1.71. The van der Waals surface area contributed by atoms with Gasteiger partial charge in [-0.25, -0.2) is 0 Å². The van der Waals surface area contributed by atoms with Crippen molar-refractivity contribution in [1.29, 1.82) is 0 Å². The maximum Gasteiger partial charge on any atom is 0.412 e. The molecule has 0 radical (unpaired) electrons. The van der Waals surface area contributed by atoms with Crippen LogP contribution in [0.15, 0.2) is 12.3 Å². The molecule has 0 unspecified atom stereocenters. The van der Waals surface area contributed by atoms with Crippen LogP contribution in [0.4, 0.5) is 13.2 Å². The van der Waals surface area contributed by atoms with Gasteiger partial charge in [-0.1, -0.05) is 0 Å². The Balaban J connectivity index is 3.52. The van der Waals surface area contributed by atoms with Gasteiger partial charge in [0.2, 0.25) is 0 Å². The molecule has 0 heterocycles. The number of rotatable bonds is 1. The van der Waals surface area contributed by atoms with Crippen LogP contribution >= 0.6 is 0 Å². The number of methoxy groups -OCH3 is 1. The summed E-state index contributed by atoms with van der Waals surface area (Å²) in [6.07, 6.45) is -3.65. The summed E-state index contributed by atoms with van der Waals surface area (Å²) in [5, 5.41) is 0. The lowest BCUT2D eigenvalue weighted by atomic mass is 10.6. The molecule has 0 saturated carbocycles. The zero-order valence-corrected chi connectivity index (χ0v) is 4.20. The van der Waals surface area contributed by atoms with Gasteiger partial charge in [-0.15, -0.1) is 0 Å². The summed E-state index contributed by atoms with van der Waals surface area (Å²) in [6, 6.07) is 0. The van der Waals surface area contributed by atoms with E-state index in [-0.39, 0.29) is 6.08 Å². The van der Waals surface area contributed by atoms with Gasteiger partial charge in [0.25, 0.3) is 0 Å². The average molecular weight is 126 g/mol. The second-order valence-corrected chi connectivity index (χ2v) is 1.08. The van der Waals surface area contributed by atoms with Crippen LogP contribution in [0.5, 0.6) is 0 Å². The Morgan fingerprint density at radius 1 is 1.38 bits per heavy atom. The molecule has 0 aromatic carbocycles. The first kappa shape index (κ1) is 7.33. The number of allylic oxidation sites excluding steroid dienone is 1. The molecule has 0 fully saturated rings. The molecule has 0 aromatic heterocycles. The Labute approximate surface area is 44.8 Å². The van der Waals surface area contributed by atoms with Crippen molar-refractivity contribution in [2.24, 2.45) is 0 Å². The first-order chi connectivity index (χ1) is 3.56. The summed E-state index contributed by atoms with van der Waals surface area (Å²) < 4.78 is 37.2. The lowest BCUT2D eigenvalue weighted by molar-refractivity contribution is -0.0813. The fourth-order valence-electron chi connectivity index (χ4n) is 0.145. The van der Waals surface area contributed by atoms with E-state index in [1.165, 1.54) is 0 Å². The highest BCUT2D eigenvalue weighted by Gasteiger charge is 2.21. The maximum absolute atomic E-state index is 11.1. The molecule has 0 atom stereocenters. The fourth-order valence-corrected chi connectivity index (χ4v) is 0.145. The Bertz CT molecular complexity index is 83.8. The van der Waals surface area contributed by atoms with E-state index in [0.29, 0.717) is 6.26 Å². The molecule has 0 rings (SSSR count). The second-order valence-electron chi connectivity index (χ2n) is 1.08. The maximum atomic E-state index is 11.1. The number of alkyl halides is 3. The van der Waals surface area contributed by atoms with Crippen LogP contribution in [0.1, 0.15) is 0 Å². The lowest BCUT2D eigenvalue weighted by Gasteiger charge is -1.94. The molecular weight excluding hydrogens is 121 g/mol. The molecule has 0 saturated heterocycles. The van der Waals surface area contributed by atoms with E-state index >= 15 is 0 Å². The van der Waals surface area contributed by atoms with Crippen molar-refractivity contribution < 1.29 is 17.9 Å². The highest BCUT2D eigenvalue weighted by atomic mass is 19.4. The normalized spacial score (nSPS) is 12.5. The highest BCUT2D eigenvalue weighted by Crippen LogP contribution is 2.15. The van der Waals surface area contributed by atoms with Crippen molar-refractivity contribution in [1.82, 2.24) is 0 Å². The van der Waals surface area contributed by atoms with Gasteiger partial charge in [-0.3, -0.25) is 0 Å². The summed E-state index contributed by atoms with van der Waals surface area (Å²) >= 11 is 0. The summed E-state index contributed by atoms with van der Waals surface area (Å²) in [7, 11) is 1.16. The molecule has 1 nitrogen and oxygen atoms in total. The molecule has 8 heavy (non-hydrogen) atoms. The molecule has 0 bridgehead atoms. The monoisotopic (exact) mass is 126 g/mol. The van der Waals surface area contributed by atoms with Gasteiger partial charge in [-0.05, 0) is 0 Å². The number of ether oxygens (including phenoxy) is 1. The fraction of sp³-hybridized carbons (Fsp3) is 0.500. The average Bonchev–Trinajstić information content (AvgIpc) is 1.59. The first-order valence-corrected chi connectivity index (χ1v) is 1.83. The number of hydrogen-bond donors (Lipinski definition) is 0. The zero-order chi connectivity index (χ0) is 6.62. The van der Waals surface area contributed by atoms with Gasteiger partial charge in [0.15, 0.2) is 0 Å². The largest absolute Gasteiger partial charge is 0.504 e. The van der Waals surface area contributed by atoms with Crippen molar-refractivity contribution in [3.8, 4) is 0 Å². The Hall–Kier alpha value is -0.670. The number of halogens is 3. The second kappa shape index (κ2) is 2.59. The minimum absolute atomic E-state index is 0.0208. The molecule has 4 heteroatoms. The summed E-state index contributed by atoms with van der Waals surface area (Å²) in [5.74, 6) is 0. The van der Waals surface area contributed by atoms with E-state index < -0.39 is 6.18 Å². The Kier molecular flexibility index (Phi) is 2.37. The third kappa shape index (κ3) is 5.33. The van der Waals surface area contributed by atoms with E-state index in [9.17, 15) is 13.2 Å². The van der Waals surface area contributed by atoms with E-state index in [4.69, 9.17) is 0 Å². The van der Waals surface area contributed by atoms with Crippen molar-refractivity contribution in [3.05, 3.63) is 12.3 Å². The van der Waals surface area contributed by atoms with Gasteiger partial charge in [0, 0.05) is 0 Å². The van der Waals surface area contributed by atoms with Crippen LogP contribution in [0.3, 0.4) is 0 Å². The van der Waals surface area contributed by atoms with Crippen molar-refractivity contribution in [3.63, 3.8) is 0 Å². The lowest BCUT2D eigenvalue weighted by Crippen LogP contribution is -2.00. The molecule has 0 amide bonds. The van der Waals surface area contributed by atoms with E-state index in [1.807, 2.05) is 0 Å². The van der Waals surface area contributed by atoms with Crippen molar-refractivity contribution in [2.45, 2.75) is 6.18 Å². The van der Waals surface area contributed by atoms with Gasteiger partial charge >= 0.3 is 6.18 Å². The molecule has 0 spiro atoms. The third-order valence-corrected chi connectivity index (χ3v) is 0.393. The SMILES string of the molecule is COC=CC(F)(F)F. The van der Waals surface area contributed by atoms with Crippen LogP contribution < -0.4 is 0 Å². The summed E-state index contributed by atoms with van der Waals surface area (Å²) in [5.41, 5.74) is 0. The number of hydrogen-bond acceptors (Lipinski definition) is 1. The van der Waals surface area contributed by atoms with Crippen molar-refractivity contribution in [2.75, 3.05) is 7.11 Å². The van der Waals surface area contributed by atoms with Crippen molar-refractivity contribution >= 4 is 0 Å². The molecular formula is C4H5F3O. The first-order valence-electron chi connectivity index (χ1n) is 1.83. The quantitative estimate of drug-likeness (QED) is 0.486. The predicted molar refractivity (Wildman–Crippen MR) is 22.2 cm³/mol.